The van der Waals surface area contributed by atoms with Gasteiger partial charge in [-0.05, 0) is 26.9 Å². The Balaban J connectivity index is 5.01. The molecule has 0 aromatic heterocycles. The van der Waals surface area contributed by atoms with E-state index in [1.165, 1.54) is 12.8 Å². The van der Waals surface area contributed by atoms with Crippen LogP contribution in [0.3, 0.4) is 0 Å². The van der Waals surface area contributed by atoms with Crippen LogP contribution in [0.2, 0.25) is 0 Å². The molecular weight excluding hydrogens is 450 g/mol. The molecule has 204 valence electrons. The summed E-state index contributed by atoms with van der Waals surface area (Å²) in [5.74, 6) is -2.22. The molecule has 0 bridgehead atoms. The van der Waals surface area contributed by atoms with Crippen molar-refractivity contribution < 1.29 is 33.4 Å². The molecule has 0 saturated heterocycles. The molecule has 8 heteroatoms. The number of rotatable bonds is 23. The molecule has 0 rings (SSSR count). The zero-order valence-electron chi connectivity index (χ0n) is 22.6. The van der Waals surface area contributed by atoms with Crippen molar-refractivity contribution >= 4 is 24.2 Å². The van der Waals surface area contributed by atoms with Gasteiger partial charge in [-0.1, -0.05) is 78.1 Å². The van der Waals surface area contributed by atoms with Crippen molar-refractivity contribution in [1.82, 2.24) is 4.90 Å². The van der Waals surface area contributed by atoms with Crippen molar-refractivity contribution in [3.05, 3.63) is 0 Å². The smallest absolute Gasteiger partial charge is 0.351 e. The van der Waals surface area contributed by atoms with E-state index in [1.807, 2.05) is 0 Å². The Bertz CT molecular complexity index is 594. The van der Waals surface area contributed by atoms with Crippen LogP contribution in [0.1, 0.15) is 110 Å². The zero-order valence-corrected chi connectivity index (χ0v) is 22.6. The minimum atomic E-state index is -1.99. The van der Waals surface area contributed by atoms with E-state index in [0.29, 0.717) is 19.3 Å². The SMILES string of the molecule is CCCCCCCCOC(=O)CC(CC=O)(OC(=O)CCN(C)C)C(=O)OCCCCCCCC. The molecule has 8 nitrogen and oxygen atoms in total. The minimum absolute atomic E-state index is 0.0190. The van der Waals surface area contributed by atoms with Gasteiger partial charge in [0.1, 0.15) is 6.29 Å². The third kappa shape index (κ3) is 17.2. The fourth-order valence-electron chi connectivity index (χ4n) is 3.60. The molecule has 1 atom stereocenters. The predicted octanol–water partition coefficient (Wildman–Crippen LogP) is 5.01. The molecule has 0 aliphatic carbocycles. The molecule has 0 aliphatic heterocycles. The number of hydrogen-bond acceptors (Lipinski definition) is 8. The first-order chi connectivity index (χ1) is 16.8. The van der Waals surface area contributed by atoms with Gasteiger partial charge >= 0.3 is 17.9 Å². The number of unbranched alkanes of at least 4 members (excludes halogenated alkanes) is 10. The number of hydrogen-bond donors (Lipinski definition) is 0. The molecule has 0 spiro atoms. The van der Waals surface area contributed by atoms with Gasteiger partial charge in [0.25, 0.3) is 0 Å². The van der Waals surface area contributed by atoms with Crippen molar-refractivity contribution in [3.63, 3.8) is 0 Å². The van der Waals surface area contributed by atoms with E-state index < -0.39 is 36.4 Å². The maximum atomic E-state index is 13.0. The third-order valence-corrected chi connectivity index (χ3v) is 5.78. The molecule has 0 saturated carbocycles. The first-order valence-corrected chi connectivity index (χ1v) is 13.4. The van der Waals surface area contributed by atoms with E-state index in [2.05, 4.69) is 13.8 Å². The van der Waals surface area contributed by atoms with Gasteiger partial charge in [0, 0.05) is 6.54 Å². The highest BCUT2D eigenvalue weighted by molar-refractivity contribution is 5.90. The fourth-order valence-corrected chi connectivity index (χ4v) is 3.60. The predicted molar refractivity (Wildman–Crippen MR) is 136 cm³/mol. The van der Waals surface area contributed by atoms with Gasteiger partial charge in [0.2, 0.25) is 5.60 Å². The van der Waals surface area contributed by atoms with Crippen LogP contribution in [-0.4, -0.2) is 68.5 Å². The zero-order chi connectivity index (χ0) is 26.4. The van der Waals surface area contributed by atoms with E-state index in [-0.39, 0.29) is 19.6 Å². The average molecular weight is 500 g/mol. The van der Waals surface area contributed by atoms with Crippen molar-refractivity contribution in [2.45, 2.75) is 116 Å². The Hall–Kier alpha value is -1.96. The molecule has 0 aromatic rings. The second-order valence-corrected chi connectivity index (χ2v) is 9.46. The monoisotopic (exact) mass is 499 g/mol. The van der Waals surface area contributed by atoms with E-state index in [4.69, 9.17) is 14.2 Å². The summed E-state index contributed by atoms with van der Waals surface area (Å²) in [6.45, 7) is 5.08. The molecule has 0 aliphatic rings. The quantitative estimate of drug-likeness (QED) is 0.0837. The molecule has 0 fully saturated rings. The summed E-state index contributed by atoms with van der Waals surface area (Å²) < 4.78 is 16.2. The second-order valence-electron chi connectivity index (χ2n) is 9.46. The summed E-state index contributed by atoms with van der Waals surface area (Å²) in [6, 6.07) is 0. The first-order valence-electron chi connectivity index (χ1n) is 13.4. The summed E-state index contributed by atoms with van der Waals surface area (Å²) in [5.41, 5.74) is -1.99. The summed E-state index contributed by atoms with van der Waals surface area (Å²) >= 11 is 0. The molecular formula is C27H49NO7. The molecule has 0 N–H and O–H groups in total. The van der Waals surface area contributed by atoms with Gasteiger partial charge in [-0.3, -0.25) is 9.59 Å². The second kappa shape index (κ2) is 21.3. The Labute approximate surface area is 212 Å². The largest absolute Gasteiger partial charge is 0.466 e. The molecule has 0 heterocycles. The van der Waals surface area contributed by atoms with Gasteiger partial charge in [-0.15, -0.1) is 0 Å². The number of aldehydes is 1. The van der Waals surface area contributed by atoms with Crippen LogP contribution in [0.5, 0.6) is 0 Å². The van der Waals surface area contributed by atoms with Crippen molar-refractivity contribution in [1.29, 1.82) is 0 Å². The maximum Gasteiger partial charge on any atom is 0.351 e. The number of nitrogens with zero attached hydrogens (tertiary/aromatic N) is 1. The highest BCUT2D eigenvalue weighted by Crippen LogP contribution is 2.25. The third-order valence-electron chi connectivity index (χ3n) is 5.78. The Morgan fingerprint density at radius 2 is 1.26 bits per heavy atom. The highest BCUT2D eigenvalue weighted by Gasteiger charge is 2.46. The van der Waals surface area contributed by atoms with Crippen LogP contribution in [0.4, 0.5) is 0 Å². The van der Waals surface area contributed by atoms with Gasteiger partial charge in [0.05, 0.1) is 32.5 Å². The van der Waals surface area contributed by atoms with Crippen LogP contribution in [-0.2, 0) is 33.4 Å². The van der Waals surface area contributed by atoms with Crippen LogP contribution >= 0.6 is 0 Å². The van der Waals surface area contributed by atoms with Crippen LogP contribution < -0.4 is 0 Å². The molecule has 35 heavy (non-hydrogen) atoms. The van der Waals surface area contributed by atoms with Gasteiger partial charge in [0.15, 0.2) is 0 Å². The standard InChI is InChI=1S/C27H49NO7/c1-5-7-9-11-13-15-21-33-25(31)23-27(18-20-29,35-24(30)17-19-28(3)4)26(32)34-22-16-14-12-10-8-6-2/h20H,5-19,21-23H2,1-4H3. The Morgan fingerprint density at radius 1 is 0.743 bits per heavy atom. The van der Waals surface area contributed by atoms with Gasteiger partial charge in [-0.2, -0.15) is 0 Å². The van der Waals surface area contributed by atoms with Crippen molar-refractivity contribution in [3.8, 4) is 0 Å². The lowest BCUT2D eigenvalue weighted by molar-refractivity contribution is -0.188. The molecule has 0 aromatic carbocycles. The first kappa shape index (κ1) is 33.0. The van der Waals surface area contributed by atoms with Gasteiger partial charge in [-0.25, -0.2) is 4.79 Å². The summed E-state index contributed by atoms with van der Waals surface area (Å²) in [4.78, 5) is 51.3. The topological polar surface area (TPSA) is 99.2 Å². The maximum absolute atomic E-state index is 13.0. The lowest BCUT2D eigenvalue weighted by atomic mass is 9.95. The Morgan fingerprint density at radius 3 is 1.77 bits per heavy atom. The highest BCUT2D eigenvalue weighted by atomic mass is 16.6. The normalized spacial score (nSPS) is 12.7. The summed E-state index contributed by atoms with van der Waals surface area (Å²) in [5, 5.41) is 0. The van der Waals surface area contributed by atoms with Crippen molar-refractivity contribution in [2.75, 3.05) is 33.9 Å². The fraction of sp³-hybridized carbons (Fsp3) is 0.852. The number of ether oxygens (including phenoxy) is 3. The van der Waals surface area contributed by atoms with E-state index in [1.54, 1.807) is 19.0 Å². The minimum Gasteiger partial charge on any atom is -0.466 e. The van der Waals surface area contributed by atoms with Crippen LogP contribution in [0, 0.1) is 0 Å². The van der Waals surface area contributed by atoms with Crippen LogP contribution in [0.25, 0.3) is 0 Å². The van der Waals surface area contributed by atoms with Crippen molar-refractivity contribution in [2.24, 2.45) is 0 Å². The van der Waals surface area contributed by atoms with E-state index in [9.17, 15) is 19.2 Å². The lowest BCUT2D eigenvalue weighted by Gasteiger charge is -2.29. The number of carbonyl (C=O) groups excluding carboxylic acids is 4. The molecule has 1 unspecified atom stereocenters. The van der Waals surface area contributed by atoms with Crippen LogP contribution in [0.15, 0.2) is 0 Å². The lowest BCUT2D eigenvalue weighted by Crippen LogP contribution is -2.47. The molecule has 0 amide bonds. The summed E-state index contributed by atoms with van der Waals surface area (Å²) in [6.07, 6.45) is 11.9. The number of carbonyl (C=O) groups is 4. The van der Waals surface area contributed by atoms with E-state index in [0.717, 1.165) is 57.8 Å². The van der Waals surface area contributed by atoms with Gasteiger partial charge < -0.3 is 23.9 Å². The average Bonchev–Trinajstić information content (AvgIpc) is 2.81. The Kier molecular flexibility index (Phi) is 20.1. The number of esters is 3. The van der Waals surface area contributed by atoms with E-state index >= 15 is 0 Å². The molecule has 0 radical (unpaired) electrons. The summed E-state index contributed by atoms with van der Waals surface area (Å²) in [7, 11) is 3.61.